The molecule has 1 aromatic heterocycles. The Bertz CT molecular complexity index is 1370. The van der Waals surface area contributed by atoms with Crippen LogP contribution in [-0.2, 0) is 19.7 Å². The molecule has 0 fully saturated rings. The summed E-state index contributed by atoms with van der Waals surface area (Å²) in [5.74, 6) is 0.996. The van der Waals surface area contributed by atoms with Gasteiger partial charge in [0.05, 0.1) is 14.2 Å². The topological polar surface area (TPSA) is 104 Å². The molecule has 10 heteroatoms. The molecule has 0 amide bonds. The highest BCUT2D eigenvalue weighted by Crippen LogP contribution is 2.29. The quantitative estimate of drug-likeness (QED) is 0.527. The predicted molar refractivity (Wildman–Crippen MR) is 118 cm³/mol. The molecule has 2 aromatic carbocycles. The Morgan fingerprint density at radius 2 is 1.67 bits per heavy atom. The zero-order chi connectivity index (χ0) is 21.9. The Balaban J connectivity index is 1.94. The van der Waals surface area contributed by atoms with Gasteiger partial charge in [-0.3, -0.25) is 4.79 Å². The van der Waals surface area contributed by atoms with Crippen LogP contribution in [0.1, 0.15) is 5.56 Å². The maximum Gasteiger partial charge on any atom is 0.251 e. The lowest BCUT2D eigenvalue weighted by atomic mass is 10.2. The van der Waals surface area contributed by atoms with Crippen molar-refractivity contribution in [2.24, 2.45) is 0 Å². The number of sulfone groups is 2. The van der Waals surface area contributed by atoms with Crippen molar-refractivity contribution in [1.82, 2.24) is 0 Å². The van der Waals surface area contributed by atoms with Crippen molar-refractivity contribution in [3.05, 3.63) is 69.0 Å². The Hall–Kier alpha value is -2.69. The summed E-state index contributed by atoms with van der Waals surface area (Å²) in [6.45, 7) is 0. The van der Waals surface area contributed by atoms with E-state index < -0.39 is 34.4 Å². The van der Waals surface area contributed by atoms with E-state index in [1.165, 1.54) is 26.4 Å². The van der Waals surface area contributed by atoms with Crippen molar-refractivity contribution >= 4 is 47.2 Å². The summed E-state index contributed by atoms with van der Waals surface area (Å²) in [6.07, 6.45) is 1.29. The first-order valence-electron chi connectivity index (χ1n) is 8.54. The number of ether oxygens (including phenoxy) is 2. The first-order valence-corrected chi connectivity index (χ1v) is 12.7. The molecule has 3 rings (SSSR count). The second kappa shape index (κ2) is 8.58. The Kier molecular flexibility index (Phi) is 6.30. The van der Waals surface area contributed by atoms with Crippen LogP contribution in [0, 0.1) is 0 Å². The third-order valence-electron chi connectivity index (χ3n) is 4.16. The van der Waals surface area contributed by atoms with E-state index in [1.54, 1.807) is 42.5 Å². The van der Waals surface area contributed by atoms with Gasteiger partial charge >= 0.3 is 0 Å². The molecule has 0 saturated heterocycles. The average Bonchev–Trinajstić information content (AvgIpc) is 2.70. The zero-order valence-electron chi connectivity index (χ0n) is 16.1. The number of fused-ring (bicyclic) bond motifs is 1. The summed E-state index contributed by atoms with van der Waals surface area (Å²) in [5, 5.41) is 0.0336. The highest BCUT2D eigenvalue weighted by atomic mass is 32.3. The summed E-state index contributed by atoms with van der Waals surface area (Å²) < 4.78 is 60.3. The van der Waals surface area contributed by atoms with Crippen LogP contribution in [0.3, 0.4) is 0 Å². The highest BCUT2D eigenvalue weighted by Gasteiger charge is 2.26. The summed E-state index contributed by atoms with van der Waals surface area (Å²) in [6, 6.07) is 12.7. The van der Waals surface area contributed by atoms with E-state index in [9.17, 15) is 21.6 Å². The van der Waals surface area contributed by atoms with Crippen LogP contribution in [0.15, 0.2) is 63.6 Å². The minimum Gasteiger partial charge on any atom is -0.497 e. The van der Waals surface area contributed by atoms with Gasteiger partial charge in [-0.25, -0.2) is 16.8 Å². The van der Waals surface area contributed by atoms with E-state index >= 15 is 0 Å². The van der Waals surface area contributed by atoms with E-state index in [-0.39, 0.29) is 0 Å². The molecule has 3 aromatic rings. The monoisotopic (exact) mass is 466 g/mol. The number of methoxy groups -OCH3 is 2. The van der Waals surface area contributed by atoms with Gasteiger partial charge in [0.1, 0.15) is 16.4 Å². The van der Waals surface area contributed by atoms with E-state index in [4.69, 9.17) is 9.47 Å². The fourth-order valence-electron chi connectivity index (χ4n) is 2.71. The van der Waals surface area contributed by atoms with Crippen molar-refractivity contribution in [1.29, 1.82) is 0 Å². The molecule has 30 heavy (non-hydrogen) atoms. The lowest BCUT2D eigenvalue weighted by Gasteiger charge is -2.07. The molecule has 158 valence electrons. The van der Waals surface area contributed by atoms with Gasteiger partial charge in [0.2, 0.25) is 0 Å². The summed E-state index contributed by atoms with van der Waals surface area (Å²) >= 11 is 0.725. The van der Waals surface area contributed by atoms with Crippen molar-refractivity contribution in [3.63, 3.8) is 0 Å². The van der Waals surface area contributed by atoms with Crippen LogP contribution in [0.2, 0.25) is 0 Å². The molecule has 7 nitrogen and oxygen atoms in total. The molecule has 0 radical (unpaired) electrons. The van der Waals surface area contributed by atoms with Gasteiger partial charge in [-0.2, -0.15) is 0 Å². The molecule has 0 aliphatic rings. The Morgan fingerprint density at radius 1 is 0.967 bits per heavy atom. The summed E-state index contributed by atoms with van der Waals surface area (Å²) in [5.41, 5.74) is 0.555. The van der Waals surface area contributed by atoms with Crippen molar-refractivity contribution < 1.29 is 26.3 Å². The minimum absolute atomic E-state index is 0.391. The molecule has 0 bridgehead atoms. The predicted octanol–water partition coefficient (Wildman–Crippen LogP) is 3.10. The van der Waals surface area contributed by atoms with E-state index in [0.717, 1.165) is 16.7 Å². The summed E-state index contributed by atoms with van der Waals surface area (Å²) in [7, 11) is -5.62. The van der Waals surface area contributed by atoms with Gasteiger partial charge in [-0.05, 0) is 42.0 Å². The Labute approximate surface area is 178 Å². The molecule has 0 N–H and O–H groups in total. The van der Waals surface area contributed by atoms with E-state index in [0.29, 0.717) is 27.1 Å². The standard InChI is InChI=1S/C20H18O7S3/c1-26-15-8-6-14(7-9-15)10-11-29(22,23)13-30(24,25)19-12-16-17(27-2)4-3-5-18(16)28-20(19)21/h3-12H,13H2,1-2H3/b11-10-. The highest BCUT2D eigenvalue weighted by molar-refractivity contribution is 8.09. The normalized spacial score (nSPS) is 12.3. The van der Waals surface area contributed by atoms with Gasteiger partial charge < -0.3 is 9.47 Å². The van der Waals surface area contributed by atoms with Gasteiger partial charge in [-0.15, -0.1) is 0 Å². The van der Waals surface area contributed by atoms with E-state index in [2.05, 4.69) is 0 Å². The van der Waals surface area contributed by atoms with Crippen LogP contribution >= 0.6 is 11.3 Å². The zero-order valence-corrected chi connectivity index (χ0v) is 18.5. The smallest absolute Gasteiger partial charge is 0.251 e. The van der Waals surface area contributed by atoms with Crippen LogP contribution in [0.4, 0.5) is 0 Å². The maximum absolute atomic E-state index is 12.7. The molecule has 0 spiro atoms. The molecular formula is C20H18O7S3. The second-order valence-corrected chi connectivity index (χ2v) is 11.5. The average molecular weight is 467 g/mol. The SMILES string of the molecule is COc1ccc(/C=C\S(=O)(=O)CS(=O)(=O)c2cc3c(OC)cccc3sc2=O)cc1. The second-order valence-electron chi connectivity index (χ2n) is 6.24. The number of benzene rings is 2. The Morgan fingerprint density at radius 3 is 2.30 bits per heavy atom. The van der Waals surface area contributed by atoms with E-state index in [1.807, 2.05) is 0 Å². The lowest BCUT2D eigenvalue weighted by Crippen LogP contribution is -2.20. The van der Waals surface area contributed by atoms with Gasteiger partial charge in [0.15, 0.2) is 24.8 Å². The summed E-state index contributed by atoms with van der Waals surface area (Å²) in [4.78, 5) is 11.8. The van der Waals surface area contributed by atoms with Gasteiger partial charge in [0, 0.05) is 15.5 Å². The molecule has 0 atom stereocenters. The minimum atomic E-state index is -4.40. The first-order chi connectivity index (χ1) is 14.1. The van der Waals surface area contributed by atoms with Crippen LogP contribution in [0.25, 0.3) is 16.2 Å². The molecular weight excluding hydrogens is 448 g/mol. The molecule has 0 saturated carbocycles. The molecule has 1 heterocycles. The molecule has 0 aliphatic heterocycles. The van der Waals surface area contributed by atoms with Gasteiger partial charge in [0.25, 0.3) is 4.74 Å². The van der Waals surface area contributed by atoms with Crippen LogP contribution < -0.4 is 14.2 Å². The van der Waals surface area contributed by atoms with Gasteiger partial charge in [-0.1, -0.05) is 29.5 Å². The number of hydrogen-bond donors (Lipinski definition) is 0. The largest absolute Gasteiger partial charge is 0.497 e. The number of hydrogen-bond acceptors (Lipinski definition) is 8. The number of rotatable bonds is 7. The first kappa shape index (κ1) is 22.0. The lowest BCUT2D eigenvalue weighted by molar-refractivity contribution is 0.415. The fourth-order valence-corrected chi connectivity index (χ4v) is 7.46. The van der Waals surface area contributed by atoms with Crippen LogP contribution in [-0.4, -0.2) is 36.1 Å². The van der Waals surface area contributed by atoms with Crippen molar-refractivity contribution in [3.8, 4) is 11.5 Å². The third kappa shape index (κ3) is 4.89. The van der Waals surface area contributed by atoms with Crippen molar-refractivity contribution in [2.75, 3.05) is 19.3 Å². The molecule has 0 aliphatic carbocycles. The third-order valence-corrected chi connectivity index (χ3v) is 9.35. The van der Waals surface area contributed by atoms with Crippen LogP contribution in [0.5, 0.6) is 11.5 Å². The fraction of sp³-hybridized carbons (Fsp3) is 0.150. The van der Waals surface area contributed by atoms with Crippen molar-refractivity contribution in [2.45, 2.75) is 4.90 Å². The maximum atomic E-state index is 12.7. The molecule has 0 unspecified atom stereocenters.